The maximum Gasteiger partial charge on any atom is 0.253 e. The minimum Gasteiger partial charge on any atom is -0.489 e. The van der Waals surface area contributed by atoms with Crippen LogP contribution in [0.2, 0.25) is 0 Å². The van der Waals surface area contributed by atoms with E-state index in [1.54, 1.807) is 42.7 Å². The smallest absolute Gasteiger partial charge is 0.253 e. The van der Waals surface area contributed by atoms with Crippen LogP contribution in [0.25, 0.3) is 6.08 Å². The Hall–Kier alpha value is -4.46. The largest absolute Gasteiger partial charge is 0.489 e. The molecule has 2 aromatic carbocycles. The van der Waals surface area contributed by atoms with E-state index >= 15 is 0 Å². The summed E-state index contributed by atoms with van der Waals surface area (Å²) in [4.78, 5) is 39.6. The Morgan fingerprint density at radius 2 is 1.79 bits per heavy atom. The summed E-state index contributed by atoms with van der Waals surface area (Å²) < 4.78 is 5.72. The molecule has 3 aromatic rings. The number of rotatable bonds is 10. The first-order valence-corrected chi connectivity index (χ1v) is 10.3. The highest BCUT2D eigenvalue weighted by Gasteiger charge is 2.12. The quantitative estimate of drug-likeness (QED) is 0.415. The number of carbonyl (C=O) groups excluding carboxylic acids is 3. The number of benzene rings is 2. The number of hydrogen-bond donors (Lipinski definition) is 3. The topological polar surface area (TPSA) is 123 Å². The van der Waals surface area contributed by atoms with E-state index in [0.717, 1.165) is 11.1 Å². The van der Waals surface area contributed by atoms with E-state index in [0.29, 0.717) is 23.6 Å². The lowest BCUT2D eigenvalue weighted by Gasteiger charge is -2.10. The Balaban J connectivity index is 1.54. The minimum atomic E-state index is -0.505. The average molecular weight is 444 g/mol. The molecule has 0 radical (unpaired) electrons. The van der Waals surface area contributed by atoms with E-state index in [9.17, 15) is 14.4 Å². The Kier molecular flexibility index (Phi) is 8.30. The predicted octanol–water partition coefficient (Wildman–Crippen LogP) is 2.92. The van der Waals surface area contributed by atoms with Gasteiger partial charge in [-0.2, -0.15) is 0 Å². The van der Waals surface area contributed by atoms with Crippen molar-refractivity contribution in [3.8, 4) is 5.75 Å². The monoisotopic (exact) mass is 444 g/mol. The van der Waals surface area contributed by atoms with Gasteiger partial charge in [-0.05, 0) is 42.0 Å². The average Bonchev–Trinajstić information content (AvgIpc) is 2.83. The number of amides is 3. The number of aromatic nitrogens is 1. The van der Waals surface area contributed by atoms with Crippen LogP contribution < -0.4 is 21.1 Å². The van der Waals surface area contributed by atoms with Gasteiger partial charge in [0.15, 0.2) is 0 Å². The van der Waals surface area contributed by atoms with Crippen molar-refractivity contribution < 1.29 is 19.1 Å². The van der Waals surface area contributed by atoms with E-state index < -0.39 is 11.8 Å². The summed E-state index contributed by atoms with van der Waals surface area (Å²) in [6.07, 6.45) is 6.54. The van der Waals surface area contributed by atoms with Crippen LogP contribution in [-0.2, 0) is 16.2 Å². The van der Waals surface area contributed by atoms with Gasteiger partial charge in [0.25, 0.3) is 5.91 Å². The van der Waals surface area contributed by atoms with Crippen LogP contribution in [0.4, 0.5) is 5.69 Å². The van der Waals surface area contributed by atoms with Crippen LogP contribution in [0, 0.1) is 0 Å². The van der Waals surface area contributed by atoms with Crippen LogP contribution in [0.3, 0.4) is 0 Å². The zero-order valence-electron chi connectivity index (χ0n) is 17.9. The lowest BCUT2D eigenvalue weighted by Crippen LogP contribution is -2.28. The van der Waals surface area contributed by atoms with Gasteiger partial charge >= 0.3 is 0 Å². The number of para-hydroxylation sites is 1. The summed E-state index contributed by atoms with van der Waals surface area (Å²) in [5.41, 5.74) is 7.52. The fourth-order valence-corrected chi connectivity index (χ4v) is 2.86. The van der Waals surface area contributed by atoms with Crippen molar-refractivity contribution in [1.29, 1.82) is 0 Å². The molecule has 168 valence electrons. The maximum absolute atomic E-state index is 12.4. The molecule has 0 aliphatic rings. The Morgan fingerprint density at radius 3 is 2.52 bits per heavy atom. The summed E-state index contributed by atoms with van der Waals surface area (Å²) in [5.74, 6) is -0.589. The van der Waals surface area contributed by atoms with Crippen LogP contribution in [-0.4, -0.2) is 29.3 Å². The number of pyridine rings is 1. The van der Waals surface area contributed by atoms with E-state index in [1.165, 1.54) is 6.08 Å². The fourth-order valence-electron chi connectivity index (χ4n) is 2.86. The molecule has 4 N–H and O–H groups in total. The number of hydrogen-bond acceptors (Lipinski definition) is 5. The van der Waals surface area contributed by atoms with Crippen molar-refractivity contribution in [1.82, 2.24) is 10.3 Å². The van der Waals surface area contributed by atoms with Gasteiger partial charge in [-0.25, -0.2) is 0 Å². The number of ether oxygens (including phenoxy) is 1. The van der Waals surface area contributed by atoms with Gasteiger partial charge in [0.2, 0.25) is 11.8 Å². The number of nitrogens with zero attached hydrogens (tertiary/aromatic N) is 1. The molecule has 8 nitrogen and oxygen atoms in total. The molecule has 1 heterocycles. The van der Waals surface area contributed by atoms with Gasteiger partial charge in [0.1, 0.15) is 12.4 Å². The van der Waals surface area contributed by atoms with Crippen LogP contribution in [0.5, 0.6) is 5.75 Å². The van der Waals surface area contributed by atoms with Crippen molar-refractivity contribution in [3.63, 3.8) is 0 Å². The molecule has 0 unspecified atom stereocenters. The molecule has 0 bridgehead atoms. The van der Waals surface area contributed by atoms with Crippen molar-refractivity contribution in [2.75, 3.05) is 11.9 Å². The van der Waals surface area contributed by atoms with Gasteiger partial charge in [-0.15, -0.1) is 0 Å². The fraction of sp³-hybridized carbons (Fsp3) is 0.120. The molecular weight excluding hydrogens is 420 g/mol. The second-order valence-corrected chi connectivity index (χ2v) is 7.06. The lowest BCUT2D eigenvalue weighted by atomic mass is 10.1. The first kappa shape index (κ1) is 23.2. The summed E-state index contributed by atoms with van der Waals surface area (Å²) >= 11 is 0. The normalized spacial score (nSPS) is 10.5. The molecule has 8 heteroatoms. The third-order valence-corrected chi connectivity index (χ3v) is 4.52. The van der Waals surface area contributed by atoms with E-state index in [1.807, 2.05) is 36.4 Å². The summed E-state index contributed by atoms with van der Waals surface area (Å²) in [6, 6.07) is 17.7. The highest BCUT2D eigenvalue weighted by Crippen LogP contribution is 2.17. The van der Waals surface area contributed by atoms with Crippen molar-refractivity contribution in [2.45, 2.75) is 13.0 Å². The Bertz CT molecular complexity index is 1130. The molecule has 33 heavy (non-hydrogen) atoms. The molecule has 0 saturated carbocycles. The molecule has 1 aromatic heterocycles. The summed E-state index contributed by atoms with van der Waals surface area (Å²) in [7, 11) is 0. The van der Waals surface area contributed by atoms with E-state index in [-0.39, 0.29) is 18.9 Å². The Labute approximate surface area is 191 Å². The number of anilines is 1. The first-order chi connectivity index (χ1) is 16.0. The zero-order valence-corrected chi connectivity index (χ0v) is 17.9. The standard InChI is InChI=1S/C25H24N4O4/c26-23(30)13-15-28-25(32)21-5-1-2-6-22(21)29-24(31)12-9-18-7-10-20(11-8-18)33-17-19-4-3-14-27-16-19/h1-12,14,16H,13,15,17H2,(H2,26,30)(H,28,32)(H,29,31)/b12-9+. The van der Waals surface area contributed by atoms with Crippen LogP contribution in [0.1, 0.15) is 27.9 Å². The molecular formula is C25H24N4O4. The molecule has 0 atom stereocenters. The maximum atomic E-state index is 12.4. The minimum absolute atomic E-state index is 0.0380. The molecule has 3 rings (SSSR count). The van der Waals surface area contributed by atoms with Crippen LogP contribution >= 0.6 is 0 Å². The number of nitrogens with two attached hydrogens (primary N) is 1. The molecule has 3 amide bonds. The number of nitrogens with one attached hydrogen (secondary N) is 2. The molecule has 0 saturated heterocycles. The van der Waals surface area contributed by atoms with E-state index in [2.05, 4.69) is 15.6 Å². The Morgan fingerprint density at radius 1 is 1.00 bits per heavy atom. The van der Waals surface area contributed by atoms with Gasteiger partial charge < -0.3 is 21.1 Å². The predicted molar refractivity (Wildman–Crippen MR) is 125 cm³/mol. The van der Waals surface area contributed by atoms with Gasteiger partial charge in [0.05, 0.1) is 11.3 Å². The van der Waals surface area contributed by atoms with E-state index in [4.69, 9.17) is 10.5 Å². The highest BCUT2D eigenvalue weighted by molar-refractivity contribution is 6.07. The van der Waals surface area contributed by atoms with Crippen LogP contribution in [0.15, 0.2) is 79.1 Å². The van der Waals surface area contributed by atoms with Crippen molar-refractivity contribution in [2.24, 2.45) is 5.73 Å². The number of carbonyl (C=O) groups is 3. The second-order valence-electron chi connectivity index (χ2n) is 7.06. The van der Waals surface area contributed by atoms with Gasteiger partial charge in [-0.1, -0.05) is 30.3 Å². The molecule has 0 fully saturated rings. The van der Waals surface area contributed by atoms with Crippen molar-refractivity contribution >= 4 is 29.5 Å². The lowest BCUT2D eigenvalue weighted by molar-refractivity contribution is -0.118. The summed E-state index contributed by atoms with van der Waals surface area (Å²) in [5, 5.41) is 5.31. The highest BCUT2D eigenvalue weighted by atomic mass is 16.5. The zero-order chi connectivity index (χ0) is 23.5. The SMILES string of the molecule is NC(=O)CCNC(=O)c1ccccc1NC(=O)/C=C/c1ccc(OCc2cccnc2)cc1. The van der Waals surface area contributed by atoms with Crippen molar-refractivity contribution in [3.05, 3.63) is 95.8 Å². The third-order valence-electron chi connectivity index (χ3n) is 4.52. The first-order valence-electron chi connectivity index (χ1n) is 10.3. The summed E-state index contributed by atoms with van der Waals surface area (Å²) in [6.45, 7) is 0.541. The van der Waals surface area contributed by atoms with Gasteiger partial charge in [-0.3, -0.25) is 19.4 Å². The third kappa shape index (κ3) is 7.62. The molecule has 0 aliphatic heterocycles. The second kappa shape index (κ2) is 11.8. The van der Waals surface area contributed by atoms with Gasteiger partial charge in [0, 0.05) is 37.0 Å². The number of primary amides is 1. The molecule has 0 spiro atoms. The molecule has 0 aliphatic carbocycles.